The number of thiol groups is 1. The van der Waals surface area contributed by atoms with E-state index in [0.29, 0.717) is 24.9 Å². The summed E-state index contributed by atoms with van der Waals surface area (Å²) in [4.78, 5) is 64.1. The molecule has 1 rings (SSSR count). The number of amides is 4. The molecule has 0 aliphatic rings. The van der Waals surface area contributed by atoms with Crippen LogP contribution < -0.4 is 32.7 Å². The van der Waals surface area contributed by atoms with Crippen LogP contribution in [0.15, 0.2) is 24.3 Å². The number of nitrogens with one attached hydrogen (secondary N) is 4. The Hall–Kier alpha value is -3.36. The highest BCUT2D eigenvalue weighted by atomic mass is 32.1. The van der Waals surface area contributed by atoms with Gasteiger partial charge in [-0.05, 0) is 55.3 Å². The van der Waals surface area contributed by atoms with Crippen LogP contribution in [0.4, 0.5) is 0 Å². The van der Waals surface area contributed by atoms with Crippen molar-refractivity contribution in [3.05, 3.63) is 29.8 Å². The van der Waals surface area contributed by atoms with E-state index in [0.717, 1.165) is 6.42 Å². The van der Waals surface area contributed by atoms with Crippen LogP contribution >= 0.6 is 12.6 Å². The minimum Gasteiger partial charge on any atom is -0.508 e. The SMILES string of the molecule is CC(C)C[C@H](NC(=O)[C@@H](N)CCCCN)C(=O)N[C@@H](CS)C(=O)N[C@@H](Cc1ccc(O)cc1)C(=O)N[C@H](C(=O)O)C(C)C. The number of hydrogen-bond donors (Lipinski definition) is 9. The number of hydrogen-bond acceptors (Lipinski definition) is 9. The zero-order valence-electron chi connectivity index (χ0n) is 25.3. The fourth-order valence-corrected chi connectivity index (χ4v) is 4.46. The third kappa shape index (κ3) is 13.7. The molecule has 0 fully saturated rings. The average Bonchev–Trinajstić information content (AvgIpc) is 2.93. The van der Waals surface area contributed by atoms with Crippen LogP contribution in [0.2, 0.25) is 0 Å². The van der Waals surface area contributed by atoms with Crippen LogP contribution in [-0.4, -0.2) is 82.3 Å². The molecule has 0 saturated carbocycles. The van der Waals surface area contributed by atoms with Gasteiger partial charge in [0, 0.05) is 12.2 Å². The summed E-state index contributed by atoms with van der Waals surface area (Å²) in [5, 5.41) is 29.5. The lowest BCUT2D eigenvalue weighted by Gasteiger charge is -2.27. The lowest BCUT2D eigenvalue weighted by molar-refractivity contribution is -0.143. The zero-order chi connectivity index (χ0) is 32.7. The Morgan fingerprint density at radius 3 is 1.86 bits per heavy atom. The predicted molar refractivity (Wildman–Crippen MR) is 166 cm³/mol. The normalized spacial score (nSPS) is 14.7. The first kappa shape index (κ1) is 37.7. The molecule has 1 aromatic carbocycles. The van der Waals surface area contributed by atoms with Crippen molar-refractivity contribution >= 4 is 42.2 Å². The molecule has 43 heavy (non-hydrogen) atoms. The first-order valence-electron chi connectivity index (χ1n) is 14.5. The number of benzene rings is 1. The van der Waals surface area contributed by atoms with Gasteiger partial charge in [-0.2, -0.15) is 12.6 Å². The van der Waals surface area contributed by atoms with Gasteiger partial charge in [-0.3, -0.25) is 19.2 Å². The number of carboxylic acids is 1. The highest BCUT2D eigenvalue weighted by molar-refractivity contribution is 7.80. The molecular weight excluding hydrogens is 576 g/mol. The Morgan fingerprint density at radius 2 is 1.35 bits per heavy atom. The molecule has 0 radical (unpaired) electrons. The Labute approximate surface area is 258 Å². The molecule has 0 bridgehead atoms. The van der Waals surface area contributed by atoms with E-state index in [1.165, 1.54) is 12.1 Å². The third-order valence-corrected chi connectivity index (χ3v) is 7.07. The second-order valence-electron chi connectivity index (χ2n) is 11.3. The summed E-state index contributed by atoms with van der Waals surface area (Å²) < 4.78 is 0. The molecule has 5 atom stereocenters. The maximum absolute atomic E-state index is 13.3. The second-order valence-corrected chi connectivity index (χ2v) is 11.7. The van der Waals surface area contributed by atoms with Crippen molar-refractivity contribution in [2.75, 3.05) is 12.3 Å². The fourth-order valence-electron chi connectivity index (χ4n) is 4.20. The number of carbonyl (C=O) groups excluding carboxylic acids is 4. The molecule has 0 unspecified atom stereocenters. The number of aromatic hydroxyl groups is 1. The average molecular weight is 625 g/mol. The highest BCUT2D eigenvalue weighted by Gasteiger charge is 2.32. The Morgan fingerprint density at radius 1 is 0.814 bits per heavy atom. The van der Waals surface area contributed by atoms with E-state index in [4.69, 9.17) is 11.5 Å². The maximum Gasteiger partial charge on any atom is 0.326 e. The molecule has 0 aromatic heterocycles. The summed E-state index contributed by atoms with van der Waals surface area (Å²) in [6.07, 6.45) is 2.05. The van der Waals surface area contributed by atoms with E-state index < -0.39 is 65.7 Å². The van der Waals surface area contributed by atoms with Gasteiger partial charge in [0.05, 0.1) is 6.04 Å². The lowest BCUT2D eigenvalue weighted by atomic mass is 10.0. The number of carboxylic acid groups (broad SMARTS) is 1. The van der Waals surface area contributed by atoms with Crippen molar-refractivity contribution < 1.29 is 34.2 Å². The van der Waals surface area contributed by atoms with Gasteiger partial charge in [0.2, 0.25) is 23.6 Å². The van der Waals surface area contributed by atoms with E-state index in [9.17, 15) is 34.2 Å². The van der Waals surface area contributed by atoms with Gasteiger partial charge in [0.25, 0.3) is 0 Å². The summed E-state index contributed by atoms with van der Waals surface area (Å²) in [5.74, 6) is -4.33. The number of unbranched alkanes of at least 4 members (excludes halogenated alkanes) is 1. The van der Waals surface area contributed by atoms with E-state index in [1.54, 1.807) is 26.0 Å². The summed E-state index contributed by atoms with van der Waals surface area (Å²) in [6.45, 7) is 7.52. The lowest BCUT2D eigenvalue weighted by Crippen LogP contribution is -2.59. The molecule has 0 aliphatic carbocycles. The van der Waals surface area contributed by atoms with Crippen molar-refractivity contribution in [3.8, 4) is 5.75 Å². The van der Waals surface area contributed by atoms with Gasteiger partial charge in [-0.25, -0.2) is 4.79 Å². The van der Waals surface area contributed by atoms with Crippen LogP contribution in [0.1, 0.15) is 58.9 Å². The van der Waals surface area contributed by atoms with Crippen LogP contribution in [-0.2, 0) is 30.4 Å². The van der Waals surface area contributed by atoms with Gasteiger partial charge in [-0.1, -0.05) is 46.2 Å². The van der Waals surface area contributed by atoms with Gasteiger partial charge >= 0.3 is 5.97 Å². The van der Waals surface area contributed by atoms with Crippen LogP contribution in [0.3, 0.4) is 0 Å². The van der Waals surface area contributed by atoms with E-state index >= 15 is 0 Å². The predicted octanol–water partition coefficient (Wildman–Crippen LogP) is 0.0467. The van der Waals surface area contributed by atoms with Crippen molar-refractivity contribution in [1.82, 2.24) is 21.3 Å². The van der Waals surface area contributed by atoms with Crippen LogP contribution in [0, 0.1) is 11.8 Å². The first-order valence-corrected chi connectivity index (χ1v) is 15.1. The Kier molecular flexibility index (Phi) is 16.7. The van der Waals surface area contributed by atoms with Crippen molar-refractivity contribution in [1.29, 1.82) is 0 Å². The molecule has 0 heterocycles. The zero-order valence-corrected chi connectivity index (χ0v) is 26.2. The highest BCUT2D eigenvalue weighted by Crippen LogP contribution is 2.13. The summed E-state index contributed by atoms with van der Waals surface area (Å²) in [5.41, 5.74) is 12.1. The molecule has 13 nitrogen and oxygen atoms in total. The van der Waals surface area contributed by atoms with Gasteiger partial charge in [0.15, 0.2) is 0 Å². The Bertz CT molecular complexity index is 1070. The minimum absolute atomic E-state index is 0.0111. The Balaban J connectivity index is 3.09. The molecule has 242 valence electrons. The monoisotopic (exact) mass is 624 g/mol. The van der Waals surface area contributed by atoms with Crippen molar-refractivity contribution in [2.24, 2.45) is 23.3 Å². The number of nitrogens with two attached hydrogens (primary N) is 2. The molecule has 0 saturated heterocycles. The standard InChI is InChI=1S/C29H48N6O7S/c1-16(2)13-21(32-25(37)20(31)7-5-6-12-30)26(38)34-23(15-43)28(40)33-22(14-18-8-10-19(36)11-9-18)27(39)35-24(17(3)4)29(41)42/h8-11,16-17,20-24,36,43H,5-7,12-15,30-31H2,1-4H3,(H,32,37)(H,33,40)(H,34,38)(H,35,39)(H,41,42)/t20-,21-,22-,23-,24-/m0/s1. The number of phenols is 1. The number of carbonyl (C=O) groups is 5. The van der Waals surface area contributed by atoms with Gasteiger partial charge in [-0.15, -0.1) is 0 Å². The molecular formula is C29H48N6O7S. The fraction of sp³-hybridized carbons (Fsp3) is 0.621. The molecule has 1 aromatic rings. The van der Waals surface area contributed by atoms with Crippen LogP contribution in [0.5, 0.6) is 5.75 Å². The van der Waals surface area contributed by atoms with Crippen molar-refractivity contribution in [3.63, 3.8) is 0 Å². The number of rotatable bonds is 19. The molecule has 4 amide bonds. The van der Waals surface area contributed by atoms with E-state index in [-0.39, 0.29) is 30.3 Å². The van der Waals surface area contributed by atoms with Crippen molar-refractivity contribution in [2.45, 2.75) is 90.0 Å². The van der Waals surface area contributed by atoms with Gasteiger partial charge in [0.1, 0.15) is 29.9 Å². The summed E-state index contributed by atoms with van der Waals surface area (Å²) in [6, 6.07) is 0.585. The first-order chi connectivity index (χ1) is 20.2. The minimum atomic E-state index is -1.23. The maximum atomic E-state index is 13.3. The summed E-state index contributed by atoms with van der Waals surface area (Å²) in [7, 11) is 0. The molecule has 14 heteroatoms. The van der Waals surface area contributed by atoms with Crippen LogP contribution in [0.25, 0.3) is 0 Å². The second kappa shape index (κ2) is 19.0. The smallest absolute Gasteiger partial charge is 0.326 e. The number of phenolic OH excluding ortho intramolecular Hbond substituents is 1. The quantitative estimate of drug-likeness (QED) is 0.0747. The van der Waals surface area contributed by atoms with E-state index in [1.807, 2.05) is 13.8 Å². The number of aliphatic carboxylic acids is 1. The molecule has 0 spiro atoms. The van der Waals surface area contributed by atoms with E-state index in [2.05, 4.69) is 33.9 Å². The molecule has 10 N–H and O–H groups in total. The third-order valence-electron chi connectivity index (χ3n) is 6.70. The topological polar surface area (TPSA) is 226 Å². The molecule has 0 aliphatic heterocycles. The van der Waals surface area contributed by atoms with Gasteiger partial charge < -0.3 is 42.9 Å². The largest absolute Gasteiger partial charge is 0.508 e. The summed E-state index contributed by atoms with van der Waals surface area (Å²) >= 11 is 4.21.